The number of amides is 1. The molecule has 6 heteroatoms. The van der Waals surface area contributed by atoms with E-state index in [0.29, 0.717) is 18.8 Å². The van der Waals surface area contributed by atoms with Gasteiger partial charge in [-0.3, -0.25) is 14.8 Å². The van der Waals surface area contributed by atoms with Crippen molar-refractivity contribution in [3.63, 3.8) is 0 Å². The molecule has 0 aliphatic carbocycles. The summed E-state index contributed by atoms with van der Waals surface area (Å²) in [5, 5.41) is 7.20. The Labute approximate surface area is 152 Å². The first kappa shape index (κ1) is 16.6. The number of rotatable bonds is 4. The second-order valence-electron chi connectivity index (χ2n) is 6.68. The van der Waals surface area contributed by atoms with Crippen molar-refractivity contribution in [2.24, 2.45) is 0 Å². The molecule has 0 unspecified atom stereocenters. The van der Waals surface area contributed by atoms with Gasteiger partial charge in [-0.2, -0.15) is 5.10 Å². The van der Waals surface area contributed by atoms with Gasteiger partial charge in [0.1, 0.15) is 11.5 Å². The van der Waals surface area contributed by atoms with Gasteiger partial charge in [0.25, 0.3) is 5.91 Å². The lowest BCUT2D eigenvalue weighted by molar-refractivity contribution is 0.0614. The maximum absolute atomic E-state index is 12.7. The van der Waals surface area contributed by atoms with Crippen LogP contribution in [0.25, 0.3) is 11.3 Å². The molecule has 1 aromatic carbocycles. The number of nitrogens with one attached hydrogen (secondary N) is 1. The summed E-state index contributed by atoms with van der Waals surface area (Å²) in [6, 6.07) is 13.9. The Kier molecular flexibility index (Phi) is 4.58. The summed E-state index contributed by atoms with van der Waals surface area (Å²) in [5.74, 6) is 0.967. The van der Waals surface area contributed by atoms with Crippen molar-refractivity contribution in [3.8, 4) is 11.3 Å². The van der Waals surface area contributed by atoms with E-state index in [1.54, 1.807) is 6.26 Å². The summed E-state index contributed by atoms with van der Waals surface area (Å²) in [4.78, 5) is 16.9. The molecule has 26 heavy (non-hydrogen) atoms. The number of piperazine rings is 1. The van der Waals surface area contributed by atoms with Gasteiger partial charge < -0.3 is 9.32 Å². The summed E-state index contributed by atoms with van der Waals surface area (Å²) in [6.45, 7) is 5.93. The molecule has 0 bridgehead atoms. The summed E-state index contributed by atoms with van der Waals surface area (Å²) >= 11 is 0. The highest BCUT2D eigenvalue weighted by Crippen LogP contribution is 2.19. The van der Waals surface area contributed by atoms with Crippen LogP contribution < -0.4 is 0 Å². The van der Waals surface area contributed by atoms with E-state index in [1.807, 2.05) is 47.4 Å². The van der Waals surface area contributed by atoms with Gasteiger partial charge in [-0.1, -0.05) is 29.8 Å². The highest BCUT2D eigenvalue weighted by molar-refractivity contribution is 5.93. The van der Waals surface area contributed by atoms with Crippen LogP contribution in [0.4, 0.5) is 0 Å². The molecule has 3 heterocycles. The molecule has 0 saturated carbocycles. The first-order valence-corrected chi connectivity index (χ1v) is 8.85. The summed E-state index contributed by atoms with van der Waals surface area (Å²) in [7, 11) is 0. The molecule has 0 atom stereocenters. The van der Waals surface area contributed by atoms with Crippen LogP contribution in [0.2, 0.25) is 0 Å². The molecule has 0 spiro atoms. The van der Waals surface area contributed by atoms with E-state index in [1.165, 1.54) is 5.56 Å². The number of aromatic nitrogens is 2. The van der Waals surface area contributed by atoms with E-state index in [-0.39, 0.29) is 5.91 Å². The SMILES string of the molecule is Cc1ccc(-c2cc(C(=O)N3CCN(Cc4ccco4)CC3)[nH]n2)cc1. The topological polar surface area (TPSA) is 65.4 Å². The van der Waals surface area contributed by atoms with Gasteiger partial charge in [0.05, 0.1) is 18.5 Å². The van der Waals surface area contributed by atoms with Crippen LogP contribution in [0.1, 0.15) is 21.8 Å². The highest BCUT2D eigenvalue weighted by atomic mass is 16.3. The van der Waals surface area contributed by atoms with Crippen LogP contribution in [-0.2, 0) is 6.54 Å². The minimum Gasteiger partial charge on any atom is -0.468 e. The van der Waals surface area contributed by atoms with Gasteiger partial charge in [-0.25, -0.2) is 0 Å². The molecule has 1 N–H and O–H groups in total. The molecule has 4 rings (SSSR count). The van der Waals surface area contributed by atoms with E-state index >= 15 is 0 Å². The van der Waals surface area contributed by atoms with E-state index < -0.39 is 0 Å². The average molecular weight is 350 g/mol. The van der Waals surface area contributed by atoms with Crippen molar-refractivity contribution in [1.82, 2.24) is 20.0 Å². The standard InChI is InChI=1S/C20H22N4O2/c1-15-4-6-16(7-5-15)18-13-19(22-21-18)20(25)24-10-8-23(9-11-24)14-17-3-2-12-26-17/h2-7,12-13H,8-11,14H2,1H3,(H,21,22). The highest BCUT2D eigenvalue weighted by Gasteiger charge is 2.24. The quantitative estimate of drug-likeness (QED) is 0.786. The Bertz CT molecular complexity index is 860. The Morgan fingerprint density at radius 1 is 1.15 bits per heavy atom. The maximum Gasteiger partial charge on any atom is 0.271 e. The molecular formula is C20H22N4O2. The molecule has 6 nitrogen and oxygen atoms in total. The number of furan rings is 1. The van der Waals surface area contributed by atoms with Crippen LogP contribution in [0.15, 0.2) is 53.1 Å². The van der Waals surface area contributed by atoms with Crippen molar-refractivity contribution < 1.29 is 9.21 Å². The minimum absolute atomic E-state index is 0.00788. The zero-order valence-corrected chi connectivity index (χ0v) is 14.8. The summed E-state index contributed by atoms with van der Waals surface area (Å²) in [5.41, 5.74) is 3.55. The smallest absolute Gasteiger partial charge is 0.271 e. The fraction of sp³-hybridized carbons (Fsp3) is 0.300. The van der Waals surface area contributed by atoms with Gasteiger partial charge in [0, 0.05) is 31.7 Å². The molecule has 0 radical (unpaired) electrons. The van der Waals surface area contributed by atoms with Crippen LogP contribution in [0, 0.1) is 6.92 Å². The fourth-order valence-corrected chi connectivity index (χ4v) is 3.21. The fourth-order valence-electron chi connectivity index (χ4n) is 3.21. The number of benzene rings is 1. The number of hydrogen-bond donors (Lipinski definition) is 1. The first-order valence-electron chi connectivity index (χ1n) is 8.85. The lowest BCUT2D eigenvalue weighted by Crippen LogP contribution is -2.48. The largest absolute Gasteiger partial charge is 0.468 e. The van der Waals surface area contributed by atoms with E-state index in [4.69, 9.17) is 4.42 Å². The summed E-state index contributed by atoms with van der Waals surface area (Å²) in [6.07, 6.45) is 1.69. The first-order chi connectivity index (χ1) is 12.7. The van der Waals surface area contributed by atoms with Gasteiger partial charge in [-0.05, 0) is 25.1 Å². The van der Waals surface area contributed by atoms with Crippen LogP contribution in [-0.4, -0.2) is 52.1 Å². The molecule has 2 aromatic heterocycles. The predicted molar refractivity (Wildman–Crippen MR) is 98.6 cm³/mol. The monoisotopic (exact) mass is 350 g/mol. The third-order valence-corrected chi connectivity index (χ3v) is 4.77. The number of carbonyl (C=O) groups is 1. The van der Waals surface area contributed by atoms with E-state index in [9.17, 15) is 4.79 Å². The second-order valence-corrected chi connectivity index (χ2v) is 6.68. The number of hydrogen-bond acceptors (Lipinski definition) is 4. The number of aromatic amines is 1. The van der Waals surface area contributed by atoms with Crippen molar-refractivity contribution in [2.45, 2.75) is 13.5 Å². The zero-order chi connectivity index (χ0) is 17.9. The lowest BCUT2D eigenvalue weighted by atomic mass is 10.1. The number of carbonyl (C=O) groups excluding carboxylic acids is 1. The predicted octanol–water partition coefficient (Wildman–Crippen LogP) is 2.94. The molecule has 1 saturated heterocycles. The third-order valence-electron chi connectivity index (χ3n) is 4.77. The van der Waals surface area contributed by atoms with Gasteiger partial charge >= 0.3 is 0 Å². The summed E-state index contributed by atoms with van der Waals surface area (Å²) < 4.78 is 5.40. The normalized spacial score (nSPS) is 15.3. The molecular weight excluding hydrogens is 328 g/mol. The van der Waals surface area contributed by atoms with E-state index in [0.717, 1.165) is 36.7 Å². The van der Waals surface area contributed by atoms with Crippen LogP contribution >= 0.6 is 0 Å². The van der Waals surface area contributed by atoms with E-state index in [2.05, 4.69) is 22.0 Å². The van der Waals surface area contributed by atoms with Crippen LogP contribution in [0.5, 0.6) is 0 Å². The van der Waals surface area contributed by atoms with Gasteiger partial charge in [0.15, 0.2) is 0 Å². The van der Waals surface area contributed by atoms with Crippen LogP contribution in [0.3, 0.4) is 0 Å². The zero-order valence-electron chi connectivity index (χ0n) is 14.8. The molecule has 1 fully saturated rings. The lowest BCUT2D eigenvalue weighted by Gasteiger charge is -2.33. The second kappa shape index (κ2) is 7.17. The minimum atomic E-state index is 0.00788. The van der Waals surface area contributed by atoms with Gasteiger partial charge in [0.2, 0.25) is 0 Å². The van der Waals surface area contributed by atoms with Crippen molar-refractivity contribution >= 4 is 5.91 Å². The third kappa shape index (κ3) is 3.55. The average Bonchev–Trinajstić information content (AvgIpc) is 3.34. The van der Waals surface area contributed by atoms with Gasteiger partial charge in [-0.15, -0.1) is 0 Å². The number of nitrogens with zero attached hydrogens (tertiary/aromatic N) is 3. The molecule has 1 aliphatic heterocycles. The molecule has 1 amide bonds. The Morgan fingerprint density at radius 3 is 2.62 bits per heavy atom. The maximum atomic E-state index is 12.7. The van der Waals surface area contributed by atoms with Crippen molar-refractivity contribution in [1.29, 1.82) is 0 Å². The van der Waals surface area contributed by atoms with Crippen molar-refractivity contribution in [3.05, 3.63) is 65.7 Å². The molecule has 3 aromatic rings. The number of aryl methyl sites for hydroxylation is 1. The number of H-pyrrole nitrogens is 1. The Morgan fingerprint density at radius 2 is 1.92 bits per heavy atom. The molecule has 1 aliphatic rings. The molecule has 134 valence electrons. The van der Waals surface area contributed by atoms with Crippen molar-refractivity contribution in [2.75, 3.05) is 26.2 Å². The Balaban J connectivity index is 1.37. The Hall–Kier alpha value is -2.86.